The van der Waals surface area contributed by atoms with Crippen LogP contribution in [0.15, 0.2) is 0 Å². The topological polar surface area (TPSA) is 9.72 Å². The summed E-state index contributed by atoms with van der Waals surface area (Å²) >= 11 is 0. The lowest BCUT2D eigenvalue weighted by atomic mass is 9.95. The Bertz CT molecular complexity index is 274. The Balaban J connectivity index is 1.61. The van der Waals surface area contributed by atoms with Crippen molar-refractivity contribution in [1.29, 1.82) is 0 Å². The summed E-state index contributed by atoms with van der Waals surface area (Å²) in [5, 5.41) is 0. The molecule has 0 aromatic rings. The lowest BCUT2D eigenvalue weighted by Crippen LogP contribution is -2.49. The largest absolute Gasteiger partial charge is 0.301 e. The number of likely N-dealkylation sites (tertiary alicyclic amines) is 1. The molecule has 0 spiro atoms. The van der Waals surface area contributed by atoms with Gasteiger partial charge in [0.15, 0.2) is 0 Å². The minimum Gasteiger partial charge on any atom is -0.301 e. The predicted octanol–water partition coefficient (Wildman–Crippen LogP) is 2.77. The molecule has 124 valence electrons. The average Bonchev–Trinajstić information content (AvgIpc) is 2.47. The Kier molecular flexibility index (Phi) is 6.97. The van der Waals surface area contributed by atoms with Gasteiger partial charge in [-0.2, -0.15) is 0 Å². The van der Waals surface area contributed by atoms with Crippen molar-refractivity contribution in [3.05, 3.63) is 0 Å². The Morgan fingerprint density at radius 1 is 0.810 bits per heavy atom. The highest BCUT2D eigenvalue weighted by atomic mass is 15.3. The van der Waals surface area contributed by atoms with Crippen LogP contribution in [0.3, 0.4) is 0 Å². The van der Waals surface area contributed by atoms with Gasteiger partial charge in [0.2, 0.25) is 0 Å². The molecule has 0 aromatic heterocycles. The molecule has 2 fully saturated rings. The minimum absolute atomic E-state index is 0.732. The zero-order valence-corrected chi connectivity index (χ0v) is 14.9. The van der Waals surface area contributed by atoms with Gasteiger partial charge in [-0.1, -0.05) is 13.8 Å². The molecule has 0 aromatic carbocycles. The molecule has 0 radical (unpaired) electrons. The number of piperidine rings is 1. The standard InChI is InChI=1S/C18H37N3/c1-16(2)5-8-19-11-13-20(14-12-19)15-18-6-9-21(10-7-18)17(3)4/h16-18H,5-15H2,1-4H3. The third-order valence-corrected chi connectivity index (χ3v) is 5.38. The average molecular weight is 296 g/mol. The summed E-state index contributed by atoms with van der Waals surface area (Å²) in [6.07, 6.45) is 4.17. The van der Waals surface area contributed by atoms with Gasteiger partial charge in [0.25, 0.3) is 0 Å². The van der Waals surface area contributed by atoms with Crippen LogP contribution >= 0.6 is 0 Å². The van der Waals surface area contributed by atoms with Gasteiger partial charge in [0.05, 0.1) is 0 Å². The van der Waals surface area contributed by atoms with Crippen molar-refractivity contribution in [2.45, 2.75) is 53.0 Å². The third-order valence-electron chi connectivity index (χ3n) is 5.38. The van der Waals surface area contributed by atoms with Crippen LogP contribution < -0.4 is 0 Å². The van der Waals surface area contributed by atoms with E-state index in [0.717, 1.165) is 17.9 Å². The van der Waals surface area contributed by atoms with E-state index in [0.29, 0.717) is 0 Å². The summed E-state index contributed by atoms with van der Waals surface area (Å²) < 4.78 is 0. The van der Waals surface area contributed by atoms with Gasteiger partial charge in [0.1, 0.15) is 0 Å². The van der Waals surface area contributed by atoms with Crippen LogP contribution in [0.1, 0.15) is 47.0 Å². The van der Waals surface area contributed by atoms with Crippen molar-refractivity contribution >= 4 is 0 Å². The second-order valence-electron chi connectivity index (χ2n) is 7.90. The second-order valence-corrected chi connectivity index (χ2v) is 7.90. The van der Waals surface area contributed by atoms with Gasteiger partial charge in [-0.3, -0.25) is 0 Å². The van der Waals surface area contributed by atoms with E-state index in [1.54, 1.807) is 0 Å². The highest BCUT2D eigenvalue weighted by Gasteiger charge is 2.24. The summed E-state index contributed by atoms with van der Waals surface area (Å²) in [7, 11) is 0. The molecule has 2 aliphatic heterocycles. The van der Waals surface area contributed by atoms with Crippen molar-refractivity contribution in [2.24, 2.45) is 11.8 Å². The number of piperazine rings is 1. The highest BCUT2D eigenvalue weighted by molar-refractivity contribution is 4.79. The van der Waals surface area contributed by atoms with Crippen LogP contribution in [0, 0.1) is 11.8 Å². The van der Waals surface area contributed by atoms with Gasteiger partial charge in [-0.05, 0) is 64.6 Å². The highest BCUT2D eigenvalue weighted by Crippen LogP contribution is 2.20. The monoisotopic (exact) mass is 295 g/mol. The number of nitrogens with zero attached hydrogens (tertiary/aromatic N) is 3. The Morgan fingerprint density at radius 2 is 1.38 bits per heavy atom. The fourth-order valence-electron chi connectivity index (χ4n) is 3.65. The molecule has 0 bridgehead atoms. The first kappa shape index (κ1) is 17.2. The molecule has 3 heteroatoms. The molecule has 0 atom stereocenters. The fraction of sp³-hybridized carbons (Fsp3) is 1.00. The van der Waals surface area contributed by atoms with Crippen LogP contribution in [0.2, 0.25) is 0 Å². The van der Waals surface area contributed by atoms with Crippen LogP contribution in [0.5, 0.6) is 0 Å². The van der Waals surface area contributed by atoms with E-state index < -0.39 is 0 Å². The van der Waals surface area contributed by atoms with Crippen molar-refractivity contribution in [1.82, 2.24) is 14.7 Å². The van der Waals surface area contributed by atoms with Gasteiger partial charge in [0, 0.05) is 38.8 Å². The summed E-state index contributed by atoms with van der Waals surface area (Å²) in [6, 6.07) is 0.732. The van der Waals surface area contributed by atoms with Crippen LogP contribution in [0.25, 0.3) is 0 Å². The van der Waals surface area contributed by atoms with Crippen LogP contribution in [0.4, 0.5) is 0 Å². The van der Waals surface area contributed by atoms with E-state index in [4.69, 9.17) is 0 Å². The summed E-state index contributed by atoms with van der Waals surface area (Å²) in [5.41, 5.74) is 0. The molecule has 0 N–H and O–H groups in total. The quantitative estimate of drug-likeness (QED) is 0.746. The lowest BCUT2D eigenvalue weighted by Gasteiger charge is -2.39. The van der Waals surface area contributed by atoms with Gasteiger partial charge >= 0.3 is 0 Å². The van der Waals surface area contributed by atoms with E-state index in [2.05, 4.69) is 42.4 Å². The normalized spacial score (nSPS) is 24.3. The summed E-state index contributed by atoms with van der Waals surface area (Å²) in [6.45, 7) is 19.8. The maximum absolute atomic E-state index is 2.72. The van der Waals surface area contributed by atoms with E-state index >= 15 is 0 Å². The first-order chi connectivity index (χ1) is 10.0. The Labute approximate surface area is 132 Å². The molecular weight excluding hydrogens is 258 g/mol. The lowest BCUT2D eigenvalue weighted by molar-refractivity contribution is 0.0857. The van der Waals surface area contributed by atoms with Crippen LogP contribution in [-0.4, -0.2) is 73.1 Å². The molecule has 3 nitrogen and oxygen atoms in total. The van der Waals surface area contributed by atoms with Crippen molar-refractivity contribution < 1.29 is 0 Å². The van der Waals surface area contributed by atoms with Crippen LogP contribution in [-0.2, 0) is 0 Å². The molecular formula is C18H37N3. The van der Waals surface area contributed by atoms with E-state index in [1.807, 2.05) is 0 Å². The number of hydrogen-bond acceptors (Lipinski definition) is 3. The molecule has 0 aliphatic carbocycles. The number of hydrogen-bond donors (Lipinski definition) is 0. The molecule has 0 unspecified atom stereocenters. The first-order valence-corrected chi connectivity index (χ1v) is 9.23. The van der Waals surface area contributed by atoms with Gasteiger partial charge in [-0.25, -0.2) is 0 Å². The maximum Gasteiger partial charge on any atom is 0.0110 e. The Morgan fingerprint density at radius 3 is 1.90 bits per heavy atom. The van der Waals surface area contributed by atoms with Crippen molar-refractivity contribution in [3.63, 3.8) is 0 Å². The third kappa shape index (κ3) is 5.88. The van der Waals surface area contributed by atoms with E-state index in [9.17, 15) is 0 Å². The molecule has 0 amide bonds. The fourth-order valence-corrected chi connectivity index (χ4v) is 3.65. The summed E-state index contributed by atoms with van der Waals surface area (Å²) in [4.78, 5) is 8.03. The Hall–Kier alpha value is -0.120. The van der Waals surface area contributed by atoms with Crippen molar-refractivity contribution in [3.8, 4) is 0 Å². The molecule has 0 saturated carbocycles. The molecule has 2 saturated heterocycles. The SMILES string of the molecule is CC(C)CCN1CCN(CC2CCN(C(C)C)CC2)CC1. The zero-order chi connectivity index (χ0) is 15.2. The van der Waals surface area contributed by atoms with Gasteiger partial charge < -0.3 is 14.7 Å². The van der Waals surface area contributed by atoms with E-state index in [-0.39, 0.29) is 0 Å². The van der Waals surface area contributed by atoms with E-state index in [1.165, 1.54) is 71.6 Å². The predicted molar refractivity (Wildman–Crippen MR) is 91.8 cm³/mol. The second kappa shape index (κ2) is 8.50. The minimum atomic E-state index is 0.732. The first-order valence-electron chi connectivity index (χ1n) is 9.23. The van der Waals surface area contributed by atoms with Gasteiger partial charge in [-0.15, -0.1) is 0 Å². The summed E-state index contributed by atoms with van der Waals surface area (Å²) in [5.74, 6) is 1.79. The zero-order valence-electron chi connectivity index (χ0n) is 14.9. The maximum atomic E-state index is 2.72. The molecule has 2 rings (SSSR count). The molecule has 2 heterocycles. The molecule has 21 heavy (non-hydrogen) atoms. The number of rotatable bonds is 6. The smallest absolute Gasteiger partial charge is 0.0110 e. The van der Waals surface area contributed by atoms with Crippen molar-refractivity contribution in [2.75, 3.05) is 52.4 Å². The molecule has 2 aliphatic rings.